The number of tetrazole rings is 1. The highest BCUT2D eigenvalue weighted by Crippen LogP contribution is 2.18. The van der Waals surface area contributed by atoms with Gasteiger partial charge in [0.25, 0.3) is 0 Å². The van der Waals surface area contributed by atoms with E-state index in [1.165, 1.54) is 10.9 Å². The van der Waals surface area contributed by atoms with Crippen molar-refractivity contribution in [2.45, 2.75) is 17.0 Å². The van der Waals surface area contributed by atoms with E-state index in [2.05, 4.69) is 20.5 Å². The molecule has 9 heteroatoms. The normalized spacial score (nSPS) is 11.7. The lowest BCUT2D eigenvalue weighted by Crippen LogP contribution is -2.11. The monoisotopic (exact) mass is 321 g/mol. The van der Waals surface area contributed by atoms with Gasteiger partial charge in [-0.15, -0.1) is 16.4 Å². The highest BCUT2D eigenvalue weighted by molar-refractivity contribution is 7.92. The Morgan fingerprint density at radius 1 is 1.24 bits per heavy atom. The molecule has 0 aliphatic rings. The molecule has 0 N–H and O–H groups in total. The Balaban J connectivity index is 1.95. The summed E-state index contributed by atoms with van der Waals surface area (Å²) in [5.41, 5.74) is 1.82. The molecule has 0 saturated carbocycles. The third-order valence-corrected chi connectivity index (χ3v) is 5.70. The average molecular weight is 321 g/mol. The fourth-order valence-electron chi connectivity index (χ4n) is 1.78. The predicted octanol–water partition coefficient (Wildman–Crippen LogP) is 1.40. The molecule has 0 bridgehead atoms. The first kappa shape index (κ1) is 13.8. The Morgan fingerprint density at radius 3 is 2.67 bits per heavy atom. The highest BCUT2D eigenvalue weighted by Gasteiger charge is 2.22. The highest BCUT2D eigenvalue weighted by atomic mass is 32.2. The molecule has 1 aromatic carbocycles. The van der Waals surface area contributed by atoms with Crippen molar-refractivity contribution in [3.05, 3.63) is 47.2 Å². The molecule has 7 nitrogen and oxygen atoms in total. The van der Waals surface area contributed by atoms with Gasteiger partial charge in [0.15, 0.2) is 5.82 Å². The van der Waals surface area contributed by atoms with Crippen LogP contribution in [0, 0.1) is 6.92 Å². The number of hydrogen-bond donors (Lipinski definition) is 0. The average Bonchev–Trinajstić information content (AvgIpc) is 3.10. The molecule has 0 fully saturated rings. The number of aromatic nitrogens is 5. The van der Waals surface area contributed by atoms with E-state index < -0.39 is 9.84 Å². The molecule has 0 aliphatic carbocycles. The van der Waals surface area contributed by atoms with Gasteiger partial charge in [-0.05, 0) is 29.5 Å². The number of thiazole rings is 1. The largest absolute Gasteiger partial charge is 0.234 e. The lowest BCUT2D eigenvalue weighted by atomic mass is 10.2. The Kier molecular flexibility index (Phi) is 3.52. The third-order valence-electron chi connectivity index (χ3n) is 2.81. The fraction of sp³-hybridized carbons (Fsp3) is 0.167. The van der Waals surface area contributed by atoms with Gasteiger partial charge in [0, 0.05) is 11.6 Å². The maximum absolute atomic E-state index is 12.2. The van der Waals surface area contributed by atoms with Crippen molar-refractivity contribution >= 4 is 21.2 Å². The van der Waals surface area contributed by atoms with Crippen molar-refractivity contribution in [3.8, 4) is 5.69 Å². The van der Waals surface area contributed by atoms with Gasteiger partial charge < -0.3 is 0 Å². The maximum Gasteiger partial charge on any atom is 0.212 e. The van der Waals surface area contributed by atoms with Gasteiger partial charge in [-0.1, -0.05) is 17.7 Å². The topological polar surface area (TPSA) is 90.6 Å². The third kappa shape index (κ3) is 2.83. The van der Waals surface area contributed by atoms with E-state index >= 15 is 0 Å². The minimum atomic E-state index is -3.53. The Hall–Kier alpha value is -2.13. The molecule has 0 aliphatic heterocycles. The second-order valence-corrected chi connectivity index (χ2v) is 7.46. The van der Waals surface area contributed by atoms with Crippen molar-refractivity contribution in [1.82, 2.24) is 25.2 Å². The zero-order valence-electron chi connectivity index (χ0n) is 11.0. The molecule has 3 rings (SSSR count). The van der Waals surface area contributed by atoms with Crippen LogP contribution in [0.4, 0.5) is 0 Å². The van der Waals surface area contributed by atoms with Crippen LogP contribution in [-0.2, 0) is 15.6 Å². The zero-order valence-corrected chi connectivity index (χ0v) is 12.7. The summed E-state index contributed by atoms with van der Waals surface area (Å²) in [6, 6.07) is 7.50. The van der Waals surface area contributed by atoms with E-state index in [1.807, 2.05) is 31.2 Å². The smallest absolute Gasteiger partial charge is 0.212 e. The van der Waals surface area contributed by atoms with Crippen molar-refractivity contribution in [1.29, 1.82) is 0 Å². The summed E-state index contributed by atoms with van der Waals surface area (Å²) in [5.74, 6) is -0.0319. The standard InChI is InChI=1S/C12H11N5O2S2/c1-9-2-4-10(5-3-9)17-11(14-15-16-17)8-21(18,19)12-13-6-7-20-12/h2-7H,8H2,1H3. The molecule has 21 heavy (non-hydrogen) atoms. The van der Waals surface area contributed by atoms with E-state index in [9.17, 15) is 8.42 Å². The van der Waals surface area contributed by atoms with Crippen LogP contribution in [-0.4, -0.2) is 33.6 Å². The van der Waals surface area contributed by atoms with Crippen LogP contribution in [0.5, 0.6) is 0 Å². The maximum atomic E-state index is 12.2. The molecule has 2 heterocycles. The van der Waals surface area contributed by atoms with Gasteiger partial charge in [0.2, 0.25) is 14.2 Å². The molecule has 0 amide bonds. The molecular weight excluding hydrogens is 310 g/mol. The molecule has 0 spiro atoms. The van der Waals surface area contributed by atoms with Gasteiger partial charge in [-0.2, -0.15) is 4.68 Å². The molecule has 0 saturated heterocycles. The predicted molar refractivity (Wildman–Crippen MR) is 76.9 cm³/mol. The summed E-state index contributed by atoms with van der Waals surface area (Å²) in [5, 5.41) is 12.9. The molecule has 3 aromatic rings. The first-order chi connectivity index (χ1) is 10.1. The van der Waals surface area contributed by atoms with E-state index in [-0.39, 0.29) is 15.9 Å². The first-order valence-corrected chi connectivity index (χ1v) is 8.56. The minimum absolute atomic E-state index is 0.0703. The SMILES string of the molecule is Cc1ccc(-n2nnnc2CS(=O)(=O)c2nccs2)cc1. The Bertz CT molecular complexity index is 838. The number of rotatable bonds is 4. The summed E-state index contributed by atoms with van der Waals surface area (Å²) in [6.07, 6.45) is 1.46. The number of hydrogen-bond acceptors (Lipinski definition) is 7. The van der Waals surface area contributed by atoms with Gasteiger partial charge in [0.1, 0.15) is 5.75 Å². The Morgan fingerprint density at radius 2 is 2.00 bits per heavy atom. The van der Waals surface area contributed by atoms with Crippen LogP contribution in [0.15, 0.2) is 40.2 Å². The van der Waals surface area contributed by atoms with Crippen LogP contribution >= 0.6 is 11.3 Å². The summed E-state index contributed by atoms with van der Waals surface area (Å²) in [4.78, 5) is 3.84. The number of benzene rings is 1. The van der Waals surface area contributed by atoms with Crippen molar-refractivity contribution in [2.75, 3.05) is 0 Å². The molecule has 0 unspecified atom stereocenters. The molecule has 0 radical (unpaired) electrons. The minimum Gasteiger partial charge on any atom is -0.234 e. The van der Waals surface area contributed by atoms with Crippen LogP contribution in [0.3, 0.4) is 0 Å². The van der Waals surface area contributed by atoms with E-state index in [4.69, 9.17) is 0 Å². The van der Waals surface area contributed by atoms with E-state index in [1.54, 1.807) is 5.38 Å². The van der Waals surface area contributed by atoms with Crippen molar-refractivity contribution in [3.63, 3.8) is 0 Å². The van der Waals surface area contributed by atoms with Gasteiger partial charge in [0.05, 0.1) is 5.69 Å². The number of nitrogens with zero attached hydrogens (tertiary/aromatic N) is 5. The zero-order chi connectivity index (χ0) is 14.9. The van der Waals surface area contributed by atoms with Gasteiger partial charge in [-0.3, -0.25) is 0 Å². The summed E-state index contributed by atoms with van der Waals surface area (Å²) >= 11 is 1.08. The van der Waals surface area contributed by atoms with Crippen LogP contribution in [0.2, 0.25) is 0 Å². The van der Waals surface area contributed by atoms with Crippen molar-refractivity contribution in [2.24, 2.45) is 0 Å². The van der Waals surface area contributed by atoms with E-state index in [0.717, 1.165) is 22.6 Å². The first-order valence-electron chi connectivity index (χ1n) is 6.03. The quantitative estimate of drug-likeness (QED) is 0.721. The summed E-state index contributed by atoms with van der Waals surface area (Å²) in [6.45, 7) is 1.97. The summed E-state index contributed by atoms with van der Waals surface area (Å²) in [7, 11) is -3.53. The van der Waals surface area contributed by atoms with Gasteiger partial charge >= 0.3 is 0 Å². The van der Waals surface area contributed by atoms with Gasteiger partial charge in [-0.25, -0.2) is 13.4 Å². The molecular formula is C12H11N5O2S2. The molecule has 0 atom stereocenters. The van der Waals surface area contributed by atoms with Crippen LogP contribution in [0.1, 0.15) is 11.4 Å². The summed E-state index contributed by atoms with van der Waals surface area (Å²) < 4.78 is 26.0. The fourth-order valence-corrected chi connectivity index (χ4v) is 3.93. The second kappa shape index (κ2) is 5.34. The van der Waals surface area contributed by atoms with Crippen molar-refractivity contribution < 1.29 is 8.42 Å². The van der Waals surface area contributed by atoms with Crippen LogP contribution in [0.25, 0.3) is 5.69 Å². The molecule has 108 valence electrons. The lowest BCUT2D eigenvalue weighted by molar-refractivity contribution is 0.592. The lowest BCUT2D eigenvalue weighted by Gasteiger charge is -2.04. The van der Waals surface area contributed by atoms with Crippen LogP contribution < -0.4 is 0 Å². The van der Waals surface area contributed by atoms with E-state index in [0.29, 0.717) is 0 Å². The number of sulfone groups is 1. The second-order valence-electron chi connectivity index (χ2n) is 4.40. The number of aryl methyl sites for hydroxylation is 1. The molecule has 2 aromatic heterocycles. The Labute approximate surface area is 125 Å².